The predicted octanol–water partition coefficient (Wildman–Crippen LogP) is 1.94. The highest BCUT2D eigenvalue weighted by Crippen LogP contribution is 2.45. The summed E-state index contributed by atoms with van der Waals surface area (Å²) in [5, 5.41) is 2.95. The molecule has 1 N–H and O–H groups in total. The minimum atomic E-state index is -0.619. The quantitative estimate of drug-likeness (QED) is 0.826. The van der Waals surface area contributed by atoms with Gasteiger partial charge in [0.2, 0.25) is 11.8 Å². The van der Waals surface area contributed by atoms with Gasteiger partial charge in [0.05, 0.1) is 0 Å². The van der Waals surface area contributed by atoms with Crippen LogP contribution in [-0.4, -0.2) is 34.8 Å². The average Bonchev–Trinajstić information content (AvgIpc) is 3.16. The fraction of sp³-hybridized carbons (Fsp3) is 0.867. The van der Waals surface area contributed by atoms with Gasteiger partial charge in [0.1, 0.15) is 11.6 Å². The zero-order valence-electron chi connectivity index (χ0n) is 12.5. The molecule has 2 amide bonds. The van der Waals surface area contributed by atoms with Crippen molar-refractivity contribution in [2.24, 2.45) is 11.8 Å². The Morgan fingerprint density at radius 3 is 2.47 bits per heavy atom. The smallest absolute Gasteiger partial charge is 0.246 e. The summed E-state index contributed by atoms with van der Waals surface area (Å²) >= 11 is 0. The SMILES string of the molecule is CCCC1NC(=O)C(C)(C2CC2)N(CC(C)C)C1=O. The van der Waals surface area contributed by atoms with Gasteiger partial charge in [-0.15, -0.1) is 0 Å². The number of nitrogens with zero attached hydrogens (tertiary/aromatic N) is 1. The minimum Gasteiger partial charge on any atom is -0.342 e. The minimum absolute atomic E-state index is 0.0497. The molecule has 4 heteroatoms. The van der Waals surface area contributed by atoms with Crippen molar-refractivity contribution in [3.63, 3.8) is 0 Å². The number of amides is 2. The molecule has 0 aromatic rings. The highest BCUT2D eigenvalue weighted by Gasteiger charge is 2.56. The predicted molar refractivity (Wildman–Crippen MR) is 74.5 cm³/mol. The first-order valence-electron chi connectivity index (χ1n) is 7.53. The molecule has 0 bridgehead atoms. The van der Waals surface area contributed by atoms with Crippen LogP contribution in [0.4, 0.5) is 0 Å². The third-order valence-corrected chi connectivity index (χ3v) is 4.39. The van der Waals surface area contributed by atoms with Crippen molar-refractivity contribution >= 4 is 11.8 Å². The zero-order valence-corrected chi connectivity index (χ0v) is 12.5. The molecule has 19 heavy (non-hydrogen) atoms. The molecule has 1 heterocycles. The van der Waals surface area contributed by atoms with Crippen molar-refractivity contribution in [2.45, 2.75) is 65.0 Å². The molecule has 2 atom stereocenters. The number of hydrogen-bond acceptors (Lipinski definition) is 2. The maximum atomic E-state index is 12.7. The van der Waals surface area contributed by atoms with Crippen LogP contribution in [0.3, 0.4) is 0 Å². The Morgan fingerprint density at radius 1 is 1.37 bits per heavy atom. The molecule has 2 rings (SSSR count). The van der Waals surface area contributed by atoms with E-state index in [2.05, 4.69) is 19.2 Å². The fourth-order valence-electron chi connectivity index (χ4n) is 3.09. The maximum Gasteiger partial charge on any atom is 0.246 e. The lowest BCUT2D eigenvalue weighted by atomic mass is 9.86. The molecule has 2 aliphatic rings. The van der Waals surface area contributed by atoms with Crippen molar-refractivity contribution in [1.29, 1.82) is 0 Å². The summed E-state index contributed by atoms with van der Waals surface area (Å²) < 4.78 is 0. The molecule has 1 saturated heterocycles. The van der Waals surface area contributed by atoms with Crippen molar-refractivity contribution < 1.29 is 9.59 Å². The van der Waals surface area contributed by atoms with Gasteiger partial charge in [-0.3, -0.25) is 9.59 Å². The fourth-order valence-corrected chi connectivity index (χ4v) is 3.09. The molecule has 1 aliphatic heterocycles. The molecule has 0 aromatic heterocycles. The van der Waals surface area contributed by atoms with Crippen molar-refractivity contribution in [3.05, 3.63) is 0 Å². The zero-order chi connectivity index (χ0) is 14.2. The van der Waals surface area contributed by atoms with E-state index in [1.807, 2.05) is 18.7 Å². The van der Waals surface area contributed by atoms with Crippen LogP contribution in [0.2, 0.25) is 0 Å². The van der Waals surface area contributed by atoms with Crippen molar-refractivity contribution in [1.82, 2.24) is 10.2 Å². The third kappa shape index (κ3) is 2.49. The van der Waals surface area contributed by atoms with Gasteiger partial charge in [-0.05, 0) is 38.0 Å². The molecule has 2 fully saturated rings. The molecule has 1 saturated carbocycles. The van der Waals surface area contributed by atoms with Gasteiger partial charge < -0.3 is 10.2 Å². The third-order valence-electron chi connectivity index (χ3n) is 4.39. The van der Waals surface area contributed by atoms with Gasteiger partial charge in [-0.1, -0.05) is 27.2 Å². The average molecular weight is 266 g/mol. The Bertz CT molecular complexity index is 376. The van der Waals surface area contributed by atoms with E-state index >= 15 is 0 Å². The van der Waals surface area contributed by atoms with E-state index in [4.69, 9.17) is 0 Å². The number of hydrogen-bond donors (Lipinski definition) is 1. The molecular weight excluding hydrogens is 240 g/mol. The van der Waals surface area contributed by atoms with Gasteiger partial charge in [0.15, 0.2) is 0 Å². The number of piperazine rings is 1. The Hall–Kier alpha value is -1.06. The highest BCUT2D eigenvalue weighted by molar-refractivity contribution is 6.00. The number of rotatable bonds is 5. The lowest BCUT2D eigenvalue weighted by Gasteiger charge is -2.47. The first-order valence-corrected chi connectivity index (χ1v) is 7.53. The van der Waals surface area contributed by atoms with Gasteiger partial charge in [0, 0.05) is 6.54 Å². The first kappa shape index (κ1) is 14.4. The van der Waals surface area contributed by atoms with Gasteiger partial charge in [0.25, 0.3) is 0 Å². The van der Waals surface area contributed by atoms with Crippen LogP contribution in [0.15, 0.2) is 0 Å². The number of nitrogens with one attached hydrogen (secondary N) is 1. The van der Waals surface area contributed by atoms with Crippen LogP contribution in [0.1, 0.15) is 53.4 Å². The van der Waals surface area contributed by atoms with Crippen LogP contribution in [0.5, 0.6) is 0 Å². The topological polar surface area (TPSA) is 49.4 Å². The normalized spacial score (nSPS) is 31.8. The van der Waals surface area contributed by atoms with E-state index in [1.165, 1.54) is 0 Å². The molecule has 0 spiro atoms. The second-order valence-corrected chi connectivity index (χ2v) is 6.58. The van der Waals surface area contributed by atoms with Gasteiger partial charge in [-0.2, -0.15) is 0 Å². The van der Waals surface area contributed by atoms with Crippen molar-refractivity contribution in [3.8, 4) is 0 Å². The number of carbonyl (C=O) groups excluding carboxylic acids is 2. The standard InChI is InChI=1S/C15H26N2O2/c1-5-6-12-13(18)17(9-10(2)3)15(4,11-7-8-11)14(19)16-12/h10-12H,5-9H2,1-4H3,(H,16,19). The first-order chi connectivity index (χ1) is 8.91. The lowest BCUT2D eigenvalue weighted by Crippen LogP contribution is -2.70. The van der Waals surface area contributed by atoms with Gasteiger partial charge in [-0.25, -0.2) is 0 Å². The molecule has 0 aromatic carbocycles. The van der Waals surface area contributed by atoms with E-state index in [9.17, 15) is 9.59 Å². The van der Waals surface area contributed by atoms with Crippen LogP contribution in [0.25, 0.3) is 0 Å². The summed E-state index contributed by atoms with van der Waals surface area (Å²) in [6.45, 7) is 8.87. The maximum absolute atomic E-state index is 12.7. The Kier molecular flexibility index (Phi) is 3.88. The summed E-state index contributed by atoms with van der Waals surface area (Å²) in [4.78, 5) is 27.0. The summed E-state index contributed by atoms with van der Waals surface area (Å²) in [6.07, 6.45) is 3.76. The highest BCUT2D eigenvalue weighted by atomic mass is 16.2. The van der Waals surface area contributed by atoms with Gasteiger partial charge >= 0.3 is 0 Å². The van der Waals surface area contributed by atoms with Crippen molar-refractivity contribution in [2.75, 3.05) is 6.54 Å². The second kappa shape index (κ2) is 5.14. The Morgan fingerprint density at radius 2 is 2.00 bits per heavy atom. The summed E-state index contributed by atoms with van der Waals surface area (Å²) in [6, 6.07) is -0.317. The molecule has 4 nitrogen and oxygen atoms in total. The van der Waals surface area contributed by atoms with E-state index in [1.54, 1.807) is 0 Å². The van der Waals surface area contributed by atoms with E-state index in [0.29, 0.717) is 18.4 Å². The second-order valence-electron chi connectivity index (χ2n) is 6.58. The Labute approximate surface area is 115 Å². The molecule has 1 aliphatic carbocycles. The molecule has 0 radical (unpaired) electrons. The van der Waals surface area contributed by atoms with Crippen LogP contribution < -0.4 is 5.32 Å². The lowest BCUT2D eigenvalue weighted by molar-refractivity contribution is -0.159. The van der Waals surface area contributed by atoms with E-state index in [-0.39, 0.29) is 17.9 Å². The Balaban J connectivity index is 2.27. The van der Waals surface area contributed by atoms with Crippen LogP contribution in [0, 0.1) is 11.8 Å². The van der Waals surface area contributed by atoms with E-state index in [0.717, 1.165) is 25.7 Å². The van der Waals surface area contributed by atoms with Crippen LogP contribution in [-0.2, 0) is 9.59 Å². The summed E-state index contributed by atoms with van der Waals surface area (Å²) in [5.74, 6) is 0.895. The summed E-state index contributed by atoms with van der Waals surface area (Å²) in [5.41, 5.74) is -0.619. The summed E-state index contributed by atoms with van der Waals surface area (Å²) in [7, 11) is 0. The number of carbonyl (C=O) groups is 2. The molecular formula is C15H26N2O2. The molecule has 2 unspecified atom stereocenters. The monoisotopic (exact) mass is 266 g/mol. The van der Waals surface area contributed by atoms with Crippen LogP contribution >= 0.6 is 0 Å². The molecule has 108 valence electrons. The largest absolute Gasteiger partial charge is 0.342 e. The van der Waals surface area contributed by atoms with E-state index < -0.39 is 5.54 Å².